The van der Waals surface area contributed by atoms with Gasteiger partial charge in [0.25, 0.3) is 0 Å². The molecule has 0 spiro atoms. The highest BCUT2D eigenvalue weighted by Crippen LogP contribution is 2.17. The lowest BCUT2D eigenvalue weighted by molar-refractivity contribution is 0.331. The van der Waals surface area contributed by atoms with Crippen LogP contribution in [0.3, 0.4) is 0 Å². The number of rotatable bonds is 8. The Morgan fingerprint density at radius 3 is 2.63 bits per heavy atom. The van der Waals surface area contributed by atoms with Crippen molar-refractivity contribution < 1.29 is 0 Å². The molecule has 2 heterocycles. The molecule has 0 aliphatic carbocycles. The molecule has 0 bridgehead atoms. The molecule has 0 aliphatic heterocycles. The van der Waals surface area contributed by atoms with Crippen LogP contribution >= 0.6 is 22.7 Å². The summed E-state index contributed by atoms with van der Waals surface area (Å²) >= 11 is 3.67. The molecule has 19 heavy (non-hydrogen) atoms. The van der Waals surface area contributed by atoms with Crippen molar-refractivity contribution >= 4 is 22.7 Å². The molecular formula is C15H22N2S2. The molecule has 0 fully saturated rings. The van der Waals surface area contributed by atoms with Crippen LogP contribution in [0.4, 0.5) is 0 Å². The van der Waals surface area contributed by atoms with Crippen molar-refractivity contribution in [2.75, 3.05) is 26.7 Å². The summed E-state index contributed by atoms with van der Waals surface area (Å²) < 4.78 is 0. The number of nitrogens with zero attached hydrogens (tertiary/aromatic N) is 1. The number of hydrogen-bond acceptors (Lipinski definition) is 4. The zero-order chi connectivity index (χ0) is 13.5. The van der Waals surface area contributed by atoms with Crippen LogP contribution in [0.1, 0.15) is 22.7 Å². The minimum absolute atomic E-state index is 0.464. The van der Waals surface area contributed by atoms with E-state index in [9.17, 15) is 0 Å². The lowest BCUT2D eigenvalue weighted by atomic mass is 10.3. The molecule has 2 aromatic rings. The Labute approximate surface area is 124 Å². The van der Waals surface area contributed by atoms with Crippen molar-refractivity contribution in [1.29, 1.82) is 0 Å². The maximum Gasteiger partial charge on any atom is 0.0386 e. The third kappa shape index (κ3) is 5.07. The molecular weight excluding hydrogens is 272 g/mol. The molecule has 0 saturated carbocycles. The van der Waals surface area contributed by atoms with Crippen LogP contribution in [-0.4, -0.2) is 31.6 Å². The molecule has 0 radical (unpaired) electrons. The molecule has 4 heteroatoms. The van der Waals surface area contributed by atoms with E-state index in [0.717, 1.165) is 26.1 Å². The van der Waals surface area contributed by atoms with Gasteiger partial charge in [0.05, 0.1) is 0 Å². The fourth-order valence-electron chi connectivity index (χ4n) is 1.98. The van der Waals surface area contributed by atoms with Crippen molar-refractivity contribution in [2.24, 2.45) is 0 Å². The SMILES string of the molecule is CC(NCCN(C)CCc1cccs1)c1cccs1. The van der Waals surface area contributed by atoms with E-state index < -0.39 is 0 Å². The summed E-state index contributed by atoms with van der Waals surface area (Å²) in [4.78, 5) is 5.29. The van der Waals surface area contributed by atoms with E-state index in [1.165, 1.54) is 9.75 Å². The first kappa shape index (κ1) is 14.7. The minimum Gasteiger partial charge on any atom is -0.308 e. The highest BCUT2D eigenvalue weighted by atomic mass is 32.1. The number of thiophene rings is 2. The van der Waals surface area contributed by atoms with Crippen LogP contribution in [0.25, 0.3) is 0 Å². The molecule has 0 aromatic carbocycles. The van der Waals surface area contributed by atoms with Gasteiger partial charge >= 0.3 is 0 Å². The van der Waals surface area contributed by atoms with Gasteiger partial charge in [0.15, 0.2) is 0 Å². The fourth-order valence-corrected chi connectivity index (χ4v) is 3.43. The van der Waals surface area contributed by atoms with E-state index in [1.54, 1.807) is 0 Å². The minimum atomic E-state index is 0.464. The maximum atomic E-state index is 3.58. The Balaban J connectivity index is 1.60. The zero-order valence-corrected chi connectivity index (χ0v) is 13.3. The van der Waals surface area contributed by atoms with Gasteiger partial charge in [0, 0.05) is 35.4 Å². The highest BCUT2D eigenvalue weighted by Gasteiger charge is 2.06. The second kappa shape index (κ2) is 7.80. The van der Waals surface area contributed by atoms with Gasteiger partial charge in [-0.15, -0.1) is 22.7 Å². The molecule has 1 atom stereocenters. The van der Waals surface area contributed by atoms with E-state index in [-0.39, 0.29) is 0 Å². The van der Waals surface area contributed by atoms with Crippen LogP contribution in [0, 0.1) is 0 Å². The average molecular weight is 294 g/mol. The standard InChI is InChI=1S/C15H22N2S2/c1-13(15-6-4-12-19-15)16-8-10-17(2)9-7-14-5-3-11-18-14/h3-6,11-13,16H,7-10H2,1-2H3. The van der Waals surface area contributed by atoms with Crippen molar-refractivity contribution in [2.45, 2.75) is 19.4 Å². The Morgan fingerprint density at radius 2 is 1.95 bits per heavy atom. The quantitative estimate of drug-likeness (QED) is 0.800. The van der Waals surface area contributed by atoms with Crippen molar-refractivity contribution in [3.8, 4) is 0 Å². The summed E-state index contributed by atoms with van der Waals surface area (Å²) in [6, 6.07) is 9.12. The van der Waals surface area contributed by atoms with E-state index in [4.69, 9.17) is 0 Å². The van der Waals surface area contributed by atoms with Crippen LogP contribution in [-0.2, 0) is 6.42 Å². The van der Waals surface area contributed by atoms with Crippen LogP contribution in [0.5, 0.6) is 0 Å². The Kier molecular flexibility index (Phi) is 6.04. The summed E-state index contributed by atoms with van der Waals surface area (Å²) in [5.41, 5.74) is 0. The van der Waals surface area contributed by atoms with Crippen molar-refractivity contribution in [3.05, 3.63) is 44.8 Å². The molecule has 2 aromatic heterocycles. The summed E-state index contributed by atoms with van der Waals surface area (Å²) in [5, 5.41) is 7.87. The van der Waals surface area contributed by atoms with Gasteiger partial charge in [-0.05, 0) is 43.3 Å². The molecule has 0 aliphatic rings. The lowest BCUT2D eigenvalue weighted by Gasteiger charge is -2.18. The highest BCUT2D eigenvalue weighted by molar-refractivity contribution is 7.10. The first-order valence-electron chi connectivity index (χ1n) is 6.73. The van der Waals surface area contributed by atoms with Crippen molar-refractivity contribution in [3.63, 3.8) is 0 Å². The monoisotopic (exact) mass is 294 g/mol. The van der Waals surface area contributed by atoms with E-state index in [2.05, 4.69) is 59.2 Å². The predicted molar refractivity (Wildman–Crippen MR) is 86.3 cm³/mol. The van der Waals surface area contributed by atoms with Gasteiger partial charge in [-0.25, -0.2) is 0 Å². The van der Waals surface area contributed by atoms with Gasteiger partial charge in [-0.1, -0.05) is 12.1 Å². The summed E-state index contributed by atoms with van der Waals surface area (Å²) in [5.74, 6) is 0. The van der Waals surface area contributed by atoms with Crippen LogP contribution < -0.4 is 5.32 Å². The second-order valence-electron chi connectivity index (χ2n) is 4.82. The first-order chi connectivity index (χ1) is 9.25. The van der Waals surface area contributed by atoms with Gasteiger partial charge < -0.3 is 10.2 Å². The molecule has 1 N–H and O–H groups in total. The topological polar surface area (TPSA) is 15.3 Å². The average Bonchev–Trinajstić information content (AvgIpc) is 3.09. The first-order valence-corrected chi connectivity index (χ1v) is 8.49. The van der Waals surface area contributed by atoms with Gasteiger partial charge in [-0.2, -0.15) is 0 Å². The van der Waals surface area contributed by atoms with E-state index in [0.29, 0.717) is 6.04 Å². The Bertz CT molecular complexity index is 437. The van der Waals surface area contributed by atoms with Crippen LogP contribution in [0.2, 0.25) is 0 Å². The molecule has 2 nitrogen and oxygen atoms in total. The van der Waals surface area contributed by atoms with Crippen molar-refractivity contribution in [1.82, 2.24) is 10.2 Å². The summed E-state index contributed by atoms with van der Waals surface area (Å²) in [6.45, 7) is 5.51. The van der Waals surface area contributed by atoms with Gasteiger partial charge in [0.1, 0.15) is 0 Å². The zero-order valence-electron chi connectivity index (χ0n) is 11.6. The normalized spacial score (nSPS) is 13.0. The van der Waals surface area contributed by atoms with Gasteiger partial charge in [-0.3, -0.25) is 0 Å². The maximum absolute atomic E-state index is 3.58. The summed E-state index contributed by atoms with van der Waals surface area (Å²) in [6.07, 6.45) is 1.16. The van der Waals surface area contributed by atoms with E-state index >= 15 is 0 Å². The number of hydrogen-bond donors (Lipinski definition) is 1. The second-order valence-corrected chi connectivity index (χ2v) is 6.84. The molecule has 104 valence electrons. The summed E-state index contributed by atoms with van der Waals surface area (Å²) in [7, 11) is 2.20. The smallest absolute Gasteiger partial charge is 0.0386 e. The third-order valence-corrected chi connectivity index (χ3v) is 5.23. The predicted octanol–water partition coefficient (Wildman–Crippen LogP) is 3.63. The molecule has 0 amide bonds. The lowest BCUT2D eigenvalue weighted by Crippen LogP contribution is -2.31. The number of nitrogens with one attached hydrogen (secondary N) is 1. The third-order valence-electron chi connectivity index (χ3n) is 3.23. The van der Waals surface area contributed by atoms with Crippen LogP contribution in [0.15, 0.2) is 35.0 Å². The number of likely N-dealkylation sites (N-methyl/N-ethyl adjacent to an activating group) is 1. The Hall–Kier alpha value is -0.680. The molecule has 2 rings (SSSR count). The fraction of sp³-hybridized carbons (Fsp3) is 0.467. The Morgan fingerprint density at radius 1 is 1.16 bits per heavy atom. The van der Waals surface area contributed by atoms with E-state index in [1.807, 2.05) is 22.7 Å². The largest absolute Gasteiger partial charge is 0.308 e. The molecule has 0 saturated heterocycles. The molecule has 1 unspecified atom stereocenters. The van der Waals surface area contributed by atoms with Gasteiger partial charge in [0.2, 0.25) is 0 Å².